The number of ether oxygens (including phenoxy) is 2. The van der Waals surface area contributed by atoms with Gasteiger partial charge in [0.1, 0.15) is 18.2 Å². The molecule has 11 heteroatoms. The lowest BCUT2D eigenvalue weighted by atomic mass is 10.1. The van der Waals surface area contributed by atoms with E-state index in [1.165, 1.54) is 12.1 Å². The fourth-order valence-electron chi connectivity index (χ4n) is 3.05. The molecule has 0 fully saturated rings. The average molecular weight is 485 g/mol. The quantitative estimate of drug-likeness (QED) is 0.311. The van der Waals surface area contributed by atoms with Gasteiger partial charge in [0.05, 0.1) is 6.54 Å². The molecule has 10 nitrogen and oxygen atoms in total. The van der Waals surface area contributed by atoms with Crippen LogP contribution in [-0.4, -0.2) is 66.0 Å². The van der Waals surface area contributed by atoms with Crippen LogP contribution in [0.2, 0.25) is 0 Å². The van der Waals surface area contributed by atoms with Crippen LogP contribution in [-0.2, 0) is 16.0 Å². The van der Waals surface area contributed by atoms with Gasteiger partial charge in [-0.25, -0.2) is 9.18 Å². The molecule has 0 aliphatic carbocycles. The first-order chi connectivity index (χ1) is 16.8. The monoisotopic (exact) mass is 484 g/mol. The van der Waals surface area contributed by atoms with Crippen LogP contribution in [0, 0.1) is 5.82 Å². The van der Waals surface area contributed by atoms with Crippen LogP contribution in [0.25, 0.3) is 0 Å². The average Bonchev–Trinajstić information content (AvgIpc) is 2.84. The van der Waals surface area contributed by atoms with Crippen LogP contribution < -0.4 is 20.3 Å². The number of nitrogens with zero attached hydrogens (tertiary/aromatic N) is 4. The highest BCUT2D eigenvalue weighted by atomic mass is 19.1. The van der Waals surface area contributed by atoms with Gasteiger partial charge >= 0.3 is 5.97 Å². The number of anilines is 4. The van der Waals surface area contributed by atoms with Gasteiger partial charge in [-0.3, -0.25) is 0 Å². The number of rotatable bonds is 13. The zero-order valence-electron chi connectivity index (χ0n) is 19.9. The highest BCUT2D eigenvalue weighted by molar-refractivity contribution is 5.72. The van der Waals surface area contributed by atoms with E-state index >= 15 is 0 Å². The third kappa shape index (κ3) is 8.07. The van der Waals surface area contributed by atoms with Crippen LogP contribution >= 0.6 is 0 Å². The molecule has 1 unspecified atom stereocenters. The molecule has 35 heavy (non-hydrogen) atoms. The predicted octanol–water partition coefficient (Wildman–Crippen LogP) is 3.34. The van der Waals surface area contributed by atoms with Gasteiger partial charge in [-0.15, -0.1) is 0 Å². The molecule has 0 radical (unpaired) electrons. The molecule has 0 aliphatic rings. The van der Waals surface area contributed by atoms with Gasteiger partial charge in [-0.1, -0.05) is 12.1 Å². The summed E-state index contributed by atoms with van der Waals surface area (Å²) in [7, 11) is 3.64. The van der Waals surface area contributed by atoms with Gasteiger partial charge in [0.2, 0.25) is 17.8 Å². The maximum absolute atomic E-state index is 13.2. The Labute approximate surface area is 203 Å². The van der Waals surface area contributed by atoms with E-state index in [1.54, 1.807) is 36.1 Å². The lowest BCUT2D eigenvalue weighted by molar-refractivity contribution is -0.149. The Balaban J connectivity index is 1.54. The van der Waals surface area contributed by atoms with E-state index in [0.717, 1.165) is 5.56 Å². The number of hydrogen-bond donors (Lipinski definition) is 3. The van der Waals surface area contributed by atoms with Crippen molar-refractivity contribution in [3.8, 4) is 5.75 Å². The van der Waals surface area contributed by atoms with Gasteiger partial charge < -0.3 is 30.1 Å². The number of aliphatic carboxylic acids is 1. The van der Waals surface area contributed by atoms with Crippen molar-refractivity contribution < 1.29 is 23.8 Å². The lowest BCUT2D eigenvalue weighted by Gasteiger charge is -2.15. The largest absolute Gasteiger partial charge is 0.492 e. The molecule has 1 heterocycles. The van der Waals surface area contributed by atoms with Crippen molar-refractivity contribution in [2.24, 2.45) is 0 Å². The van der Waals surface area contributed by atoms with Crippen molar-refractivity contribution in [2.45, 2.75) is 19.4 Å². The molecule has 186 valence electrons. The number of carboxylic acid groups (broad SMARTS) is 1. The minimum atomic E-state index is -0.981. The van der Waals surface area contributed by atoms with E-state index in [1.807, 2.05) is 26.2 Å². The van der Waals surface area contributed by atoms with Crippen molar-refractivity contribution in [1.29, 1.82) is 0 Å². The topological polar surface area (TPSA) is 122 Å². The lowest BCUT2D eigenvalue weighted by Crippen LogP contribution is -2.26. The summed E-state index contributed by atoms with van der Waals surface area (Å²) >= 11 is 0. The second-order valence-electron chi connectivity index (χ2n) is 7.71. The first-order valence-electron chi connectivity index (χ1n) is 11.1. The third-order valence-corrected chi connectivity index (χ3v) is 4.77. The van der Waals surface area contributed by atoms with Crippen molar-refractivity contribution in [3.05, 3.63) is 59.9 Å². The molecular weight excluding hydrogens is 455 g/mol. The Bertz CT molecular complexity index is 1100. The highest BCUT2D eigenvalue weighted by Gasteiger charge is 2.17. The molecule has 1 aromatic heterocycles. The Morgan fingerprint density at radius 2 is 1.74 bits per heavy atom. The molecule has 3 rings (SSSR count). The van der Waals surface area contributed by atoms with Crippen molar-refractivity contribution >= 4 is 29.5 Å². The molecule has 1 atom stereocenters. The van der Waals surface area contributed by atoms with Crippen LogP contribution in [0.1, 0.15) is 12.5 Å². The number of halogens is 1. The minimum absolute atomic E-state index is 0.285. The van der Waals surface area contributed by atoms with E-state index in [-0.39, 0.29) is 12.2 Å². The van der Waals surface area contributed by atoms with Crippen LogP contribution in [0.4, 0.5) is 27.9 Å². The highest BCUT2D eigenvalue weighted by Crippen LogP contribution is 2.18. The number of carbonyl (C=O) groups is 1. The Morgan fingerprint density at radius 1 is 1.06 bits per heavy atom. The zero-order valence-corrected chi connectivity index (χ0v) is 19.9. The first-order valence-corrected chi connectivity index (χ1v) is 11.1. The molecule has 2 aromatic carbocycles. The predicted molar refractivity (Wildman–Crippen MR) is 131 cm³/mol. The second-order valence-corrected chi connectivity index (χ2v) is 7.71. The summed E-state index contributed by atoms with van der Waals surface area (Å²) < 4.78 is 24.2. The Morgan fingerprint density at radius 3 is 2.37 bits per heavy atom. The number of hydrogen-bond acceptors (Lipinski definition) is 9. The fraction of sp³-hybridized carbons (Fsp3) is 0.333. The summed E-state index contributed by atoms with van der Waals surface area (Å²) in [4.78, 5) is 26.1. The van der Waals surface area contributed by atoms with E-state index < -0.39 is 12.1 Å². The molecule has 0 aliphatic heterocycles. The number of benzene rings is 2. The van der Waals surface area contributed by atoms with E-state index in [0.29, 0.717) is 49.0 Å². The van der Waals surface area contributed by atoms with Gasteiger partial charge in [-0.05, 0) is 48.9 Å². The summed E-state index contributed by atoms with van der Waals surface area (Å²) in [5.74, 6) is 0.485. The number of carboxylic acids is 1. The number of nitrogens with one attached hydrogen (secondary N) is 2. The minimum Gasteiger partial charge on any atom is -0.492 e. The normalized spacial score (nSPS) is 11.5. The summed E-state index contributed by atoms with van der Waals surface area (Å²) in [6.45, 7) is 2.88. The third-order valence-electron chi connectivity index (χ3n) is 4.77. The molecule has 3 aromatic rings. The van der Waals surface area contributed by atoms with Crippen molar-refractivity contribution in [3.63, 3.8) is 0 Å². The molecular formula is C24H29FN6O4. The summed E-state index contributed by atoms with van der Waals surface area (Å²) in [6, 6.07) is 13.1. The molecule has 0 bridgehead atoms. The van der Waals surface area contributed by atoms with Crippen LogP contribution in [0.5, 0.6) is 5.75 Å². The maximum Gasteiger partial charge on any atom is 0.333 e. The van der Waals surface area contributed by atoms with Crippen molar-refractivity contribution in [1.82, 2.24) is 15.0 Å². The van der Waals surface area contributed by atoms with Crippen LogP contribution in [0.3, 0.4) is 0 Å². The molecule has 0 saturated heterocycles. The van der Waals surface area contributed by atoms with E-state index in [4.69, 9.17) is 9.47 Å². The summed E-state index contributed by atoms with van der Waals surface area (Å²) in [6.07, 6.45) is -0.585. The first kappa shape index (κ1) is 25.6. The van der Waals surface area contributed by atoms with Gasteiger partial charge in [0, 0.05) is 32.8 Å². The molecule has 3 N–H and O–H groups in total. The van der Waals surface area contributed by atoms with Gasteiger partial charge in [0.25, 0.3) is 0 Å². The SMILES string of the molecule is CCOC(Cc1ccc(OCCNc2nc(Nc3ccc(F)cc3)nc(N(C)C)n2)cc1)C(=O)O. The molecule has 0 spiro atoms. The van der Waals surface area contributed by atoms with Gasteiger partial charge in [-0.2, -0.15) is 15.0 Å². The zero-order chi connectivity index (χ0) is 25.2. The number of aromatic nitrogens is 3. The Kier molecular flexibility index (Phi) is 9.13. The summed E-state index contributed by atoms with van der Waals surface area (Å²) in [5.41, 5.74) is 1.50. The Hall–Kier alpha value is -3.99. The van der Waals surface area contributed by atoms with Crippen molar-refractivity contribution in [2.75, 3.05) is 49.4 Å². The molecule has 0 saturated carbocycles. The van der Waals surface area contributed by atoms with Crippen LogP contribution in [0.15, 0.2) is 48.5 Å². The second kappa shape index (κ2) is 12.5. The smallest absolute Gasteiger partial charge is 0.333 e. The van der Waals surface area contributed by atoms with E-state index in [9.17, 15) is 14.3 Å². The van der Waals surface area contributed by atoms with E-state index in [2.05, 4.69) is 25.6 Å². The summed E-state index contributed by atoms with van der Waals surface area (Å²) in [5, 5.41) is 15.4. The molecule has 0 amide bonds. The fourth-order valence-corrected chi connectivity index (χ4v) is 3.05. The standard InChI is InChI=1S/C24H29FN6O4/c1-4-34-20(21(32)33)15-16-5-11-19(12-6-16)35-14-13-26-22-28-23(30-24(29-22)31(2)3)27-18-9-7-17(25)8-10-18/h5-12,20H,4,13-15H2,1-3H3,(H,32,33)(H2,26,27,28,29,30). The maximum atomic E-state index is 13.2. The van der Waals surface area contributed by atoms with Gasteiger partial charge in [0.15, 0.2) is 6.10 Å².